The summed E-state index contributed by atoms with van der Waals surface area (Å²) in [7, 11) is 0. The largest absolute Gasteiger partial charge is 0.537 e. The van der Waals surface area contributed by atoms with Crippen molar-refractivity contribution in [3.63, 3.8) is 0 Å². The number of carbonyl (C=O) groups is 5. The lowest BCUT2D eigenvalue weighted by atomic mass is 9.82. The van der Waals surface area contributed by atoms with Crippen molar-refractivity contribution < 1.29 is 38.3 Å². The van der Waals surface area contributed by atoms with Crippen LogP contribution in [0.15, 0.2) is 0 Å². The lowest BCUT2D eigenvalue weighted by molar-refractivity contribution is -0.193. The molecule has 1 unspecified atom stereocenters. The van der Waals surface area contributed by atoms with Gasteiger partial charge in [-0.25, -0.2) is 15.6 Å². The van der Waals surface area contributed by atoms with Gasteiger partial charge in [0, 0.05) is 32.7 Å². The van der Waals surface area contributed by atoms with Crippen LogP contribution in [-0.2, 0) is 33.5 Å². The topological polar surface area (TPSA) is 172 Å². The number of nitrogens with zero attached hydrogens (tertiary/aromatic N) is 1. The number of ether oxygens (including phenoxy) is 2. The fourth-order valence-electron chi connectivity index (χ4n) is 3.72. The van der Waals surface area contributed by atoms with Crippen molar-refractivity contribution in [1.29, 1.82) is 0 Å². The number of amides is 3. The molecule has 12 nitrogen and oxygen atoms in total. The van der Waals surface area contributed by atoms with E-state index < -0.39 is 30.2 Å². The van der Waals surface area contributed by atoms with Gasteiger partial charge >= 0.3 is 12.1 Å². The molecule has 2 heterocycles. The van der Waals surface area contributed by atoms with Crippen LogP contribution in [0.2, 0.25) is 0 Å². The van der Waals surface area contributed by atoms with Crippen LogP contribution in [0.5, 0.6) is 0 Å². The van der Waals surface area contributed by atoms with Gasteiger partial charge in [0.15, 0.2) is 0 Å². The molecule has 0 bridgehead atoms. The quantitative estimate of drug-likeness (QED) is 0.194. The van der Waals surface area contributed by atoms with Gasteiger partial charge in [-0.2, -0.15) is 0 Å². The second kappa shape index (κ2) is 10.3. The standard InChI is InChI=1S/C20H30N4O8/c1-12(31-19(29)32-24-16(26)7-8-17(24)27)30-18(28)14-5-3-13(4-6-14)11-21-15(25)9-10-20(2)22-23-20/h12-14,22-23H,3-11H2,1-2H3,(H,21,25). The fraction of sp³-hybridized carbons (Fsp3) is 0.750. The SMILES string of the molecule is CC(OC(=O)ON1C(=O)CCC1=O)OC(=O)C1CCC(CNC(=O)CCC2(C)NN2)CC1. The predicted octanol–water partition coefficient (Wildman–Crippen LogP) is 0.620. The molecule has 0 aromatic rings. The number of carbonyl (C=O) groups excluding carboxylic acids is 5. The Bertz CT molecular complexity index is 745. The molecular formula is C20H30N4O8. The van der Waals surface area contributed by atoms with Gasteiger partial charge < -0.3 is 14.8 Å². The minimum absolute atomic E-state index is 0.0125. The van der Waals surface area contributed by atoms with Gasteiger partial charge in [-0.3, -0.25) is 24.0 Å². The third-order valence-electron chi connectivity index (χ3n) is 5.89. The van der Waals surface area contributed by atoms with Crippen molar-refractivity contribution >= 4 is 29.8 Å². The monoisotopic (exact) mass is 454 g/mol. The molecule has 3 fully saturated rings. The minimum atomic E-state index is -1.30. The van der Waals surface area contributed by atoms with Gasteiger partial charge in [-0.05, 0) is 44.9 Å². The van der Waals surface area contributed by atoms with Gasteiger partial charge in [0.25, 0.3) is 11.8 Å². The smallest absolute Gasteiger partial charge is 0.425 e. The zero-order chi connectivity index (χ0) is 23.3. The van der Waals surface area contributed by atoms with E-state index in [0.29, 0.717) is 36.8 Å². The van der Waals surface area contributed by atoms with Crippen LogP contribution in [0.3, 0.4) is 0 Å². The van der Waals surface area contributed by atoms with Crippen LogP contribution in [0.1, 0.15) is 65.2 Å². The van der Waals surface area contributed by atoms with E-state index in [9.17, 15) is 24.0 Å². The Labute approximate surface area is 185 Å². The molecule has 12 heteroatoms. The van der Waals surface area contributed by atoms with Crippen LogP contribution >= 0.6 is 0 Å². The van der Waals surface area contributed by atoms with Crippen molar-refractivity contribution in [3.05, 3.63) is 0 Å². The first-order valence-electron chi connectivity index (χ1n) is 10.9. The number of hydrogen-bond acceptors (Lipinski definition) is 10. The molecule has 3 aliphatic rings. The molecule has 2 aliphatic heterocycles. The van der Waals surface area contributed by atoms with Crippen LogP contribution < -0.4 is 16.2 Å². The van der Waals surface area contributed by atoms with E-state index in [1.165, 1.54) is 6.92 Å². The third-order valence-corrected chi connectivity index (χ3v) is 5.89. The highest BCUT2D eigenvalue weighted by Gasteiger charge is 2.36. The molecule has 1 aliphatic carbocycles. The average Bonchev–Trinajstić information content (AvgIpc) is 3.42. The molecule has 0 radical (unpaired) electrons. The number of rotatable bonds is 9. The Morgan fingerprint density at radius 3 is 2.31 bits per heavy atom. The second-order valence-corrected chi connectivity index (χ2v) is 8.65. The molecule has 2 saturated heterocycles. The van der Waals surface area contributed by atoms with Crippen molar-refractivity contribution in [3.8, 4) is 0 Å². The summed E-state index contributed by atoms with van der Waals surface area (Å²) in [4.78, 5) is 63.4. The van der Waals surface area contributed by atoms with E-state index in [1.807, 2.05) is 6.92 Å². The highest BCUT2D eigenvalue weighted by molar-refractivity contribution is 6.01. The van der Waals surface area contributed by atoms with Crippen molar-refractivity contribution in [2.24, 2.45) is 11.8 Å². The first-order chi connectivity index (χ1) is 15.1. The molecule has 0 aromatic carbocycles. The molecule has 0 spiro atoms. The maximum Gasteiger partial charge on any atom is 0.537 e. The van der Waals surface area contributed by atoms with Crippen molar-refractivity contribution in [2.75, 3.05) is 6.54 Å². The number of imide groups is 1. The van der Waals surface area contributed by atoms with E-state index in [0.717, 1.165) is 19.3 Å². The summed E-state index contributed by atoms with van der Waals surface area (Å²) in [5.41, 5.74) is 5.86. The Kier molecular flexibility index (Phi) is 7.67. The van der Waals surface area contributed by atoms with E-state index in [4.69, 9.17) is 9.47 Å². The Balaban J connectivity index is 1.29. The summed E-state index contributed by atoms with van der Waals surface area (Å²) >= 11 is 0. The highest BCUT2D eigenvalue weighted by atomic mass is 16.9. The van der Waals surface area contributed by atoms with Crippen molar-refractivity contribution in [1.82, 2.24) is 21.2 Å². The lowest BCUT2D eigenvalue weighted by Crippen LogP contribution is -2.35. The normalized spacial score (nSPS) is 25.1. The summed E-state index contributed by atoms with van der Waals surface area (Å²) in [5.74, 6) is -1.75. The third kappa shape index (κ3) is 6.89. The van der Waals surface area contributed by atoms with Crippen LogP contribution in [0, 0.1) is 11.8 Å². The van der Waals surface area contributed by atoms with Gasteiger partial charge in [0.2, 0.25) is 12.2 Å². The van der Waals surface area contributed by atoms with Gasteiger partial charge in [-0.1, -0.05) is 5.06 Å². The summed E-state index contributed by atoms with van der Waals surface area (Å²) < 4.78 is 9.95. The molecule has 32 heavy (non-hydrogen) atoms. The van der Waals surface area contributed by atoms with Crippen LogP contribution in [0.4, 0.5) is 4.79 Å². The Morgan fingerprint density at radius 1 is 1.09 bits per heavy atom. The molecule has 178 valence electrons. The average molecular weight is 454 g/mol. The maximum atomic E-state index is 12.3. The number of esters is 1. The number of hydroxylamine groups is 2. The highest BCUT2D eigenvalue weighted by Crippen LogP contribution is 2.29. The first-order valence-corrected chi connectivity index (χ1v) is 10.9. The molecule has 3 amide bonds. The van der Waals surface area contributed by atoms with E-state index >= 15 is 0 Å². The number of hydrazine groups is 1. The van der Waals surface area contributed by atoms with Gasteiger partial charge in [0.1, 0.15) is 0 Å². The maximum absolute atomic E-state index is 12.3. The van der Waals surface area contributed by atoms with E-state index in [1.54, 1.807) is 0 Å². The second-order valence-electron chi connectivity index (χ2n) is 8.65. The molecule has 1 atom stereocenters. The van der Waals surface area contributed by atoms with Crippen molar-refractivity contribution in [2.45, 2.75) is 77.2 Å². The zero-order valence-corrected chi connectivity index (χ0v) is 18.3. The first kappa shape index (κ1) is 23.9. The minimum Gasteiger partial charge on any atom is -0.425 e. The van der Waals surface area contributed by atoms with Gasteiger partial charge in [0.05, 0.1) is 11.6 Å². The fourth-order valence-corrected chi connectivity index (χ4v) is 3.72. The molecule has 1 saturated carbocycles. The van der Waals surface area contributed by atoms with Crippen LogP contribution in [-0.4, -0.2) is 53.4 Å². The van der Waals surface area contributed by atoms with Crippen LogP contribution in [0.25, 0.3) is 0 Å². The Morgan fingerprint density at radius 2 is 1.72 bits per heavy atom. The summed E-state index contributed by atoms with van der Waals surface area (Å²) in [6.07, 6.45) is 1.35. The predicted molar refractivity (Wildman–Crippen MR) is 107 cm³/mol. The number of hydrogen-bond donors (Lipinski definition) is 3. The number of nitrogens with one attached hydrogen (secondary N) is 3. The van der Waals surface area contributed by atoms with E-state index in [-0.39, 0.29) is 30.3 Å². The molecule has 3 N–H and O–H groups in total. The lowest BCUT2D eigenvalue weighted by Gasteiger charge is -2.28. The molecule has 0 aromatic heterocycles. The molecule has 3 rings (SSSR count). The summed E-state index contributed by atoms with van der Waals surface area (Å²) in [6.45, 7) is 3.92. The Hall–Kier alpha value is -2.73. The molecular weight excluding hydrogens is 424 g/mol. The summed E-state index contributed by atoms with van der Waals surface area (Å²) in [6, 6.07) is 0. The van der Waals surface area contributed by atoms with E-state index in [2.05, 4.69) is 21.0 Å². The zero-order valence-electron chi connectivity index (χ0n) is 18.3. The van der Waals surface area contributed by atoms with Gasteiger partial charge in [-0.15, -0.1) is 0 Å². The summed E-state index contributed by atoms with van der Waals surface area (Å²) in [5, 5.41) is 3.31.